The van der Waals surface area contributed by atoms with E-state index in [0.717, 1.165) is 33.3 Å². The molecule has 7 heteroatoms. The van der Waals surface area contributed by atoms with Gasteiger partial charge < -0.3 is 15.0 Å². The first kappa shape index (κ1) is 15.8. The minimum absolute atomic E-state index is 0.241. The first-order valence-corrected chi connectivity index (χ1v) is 8.75. The summed E-state index contributed by atoms with van der Waals surface area (Å²) in [5.41, 5.74) is 5.76. The minimum atomic E-state index is -0.266. The van der Waals surface area contributed by atoms with E-state index in [-0.39, 0.29) is 11.9 Å². The van der Waals surface area contributed by atoms with Crippen LogP contribution in [0.15, 0.2) is 48.2 Å². The van der Waals surface area contributed by atoms with Crippen molar-refractivity contribution in [1.82, 2.24) is 15.6 Å². The van der Waals surface area contributed by atoms with Gasteiger partial charge in [-0.25, -0.2) is 4.79 Å². The van der Waals surface area contributed by atoms with Gasteiger partial charge in [0.25, 0.3) is 5.91 Å². The molecule has 0 spiro atoms. The third-order valence-electron chi connectivity index (χ3n) is 4.68. The second-order valence-electron chi connectivity index (χ2n) is 6.44. The Bertz CT molecular complexity index is 1190. The standard InChI is InChI=1S/C20H13N3O3S/c24-18-17(22-20(27)23-18)8-14-6-12-2-1-11(7-16(12)21-14)10-3-4-15-13(5-10)9-26-19(15)25/h1-8,21H,9H2,(H2,22,23,24,27)/b17-8+. The summed E-state index contributed by atoms with van der Waals surface area (Å²) >= 11 is 4.94. The average molecular weight is 375 g/mol. The van der Waals surface area contributed by atoms with Crippen molar-refractivity contribution in [1.29, 1.82) is 0 Å². The number of aromatic nitrogens is 1. The van der Waals surface area contributed by atoms with Crippen LogP contribution in [0.4, 0.5) is 0 Å². The zero-order valence-electron chi connectivity index (χ0n) is 14.0. The average Bonchev–Trinajstić information content (AvgIpc) is 3.31. The molecule has 2 aliphatic rings. The molecule has 3 N–H and O–H groups in total. The summed E-state index contributed by atoms with van der Waals surface area (Å²) in [5.74, 6) is -0.507. The van der Waals surface area contributed by atoms with Crippen molar-refractivity contribution in [2.45, 2.75) is 6.61 Å². The zero-order valence-corrected chi connectivity index (χ0v) is 14.8. The number of benzene rings is 2. The van der Waals surface area contributed by atoms with Gasteiger partial charge in [0.05, 0.1) is 5.56 Å². The lowest BCUT2D eigenvalue weighted by Gasteiger charge is -2.04. The molecular weight excluding hydrogens is 362 g/mol. The highest BCUT2D eigenvalue weighted by atomic mass is 32.1. The molecule has 0 radical (unpaired) electrons. The Hall–Kier alpha value is -3.45. The number of carbonyl (C=O) groups excluding carboxylic acids is 2. The van der Waals surface area contributed by atoms with E-state index in [1.54, 1.807) is 6.08 Å². The monoisotopic (exact) mass is 375 g/mol. The first-order valence-electron chi connectivity index (χ1n) is 8.34. The Morgan fingerprint density at radius 1 is 1.00 bits per heavy atom. The van der Waals surface area contributed by atoms with E-state index in [9.17, 15) is 9.59 Å². The van der Waals surface area contributed by atoms with Gasteiger partial charge in [0, 0.05) is 22.2 Å². The van der Waals surface area contributed by atoms with Crippen LogP contribution in [0.5, 0.6) is 0 Å². The molecule has 0 saturated carbocycles. The second-order valence-corrected chi connectivity index (χ2v) is 6.85. The summed E-state index contributed by atoms with van der Waals surface area (Å²) in [6, 6.07) is 13.8. The molecule has 2 aromatic carbocycles. The van der Waals surface area contributed by atoms with Crippen molar-refractivity contribution >= 4 is 46.2 Å². The molecule has 0 aliphatic carbocycles. The number of aromatic amines is 1. The van der Waals surface area contributed by atoms with Crippen LogP contribution in [-0.2, 0) is 16.1 Å². The number of hydrogen-bond donors (Lipinski definition) is 3. The van der Waals surface area contributed by atoms with Gasteiger partial charge in [-0.05, 0) is 53.7 Å². The third-order valence-corrected chi connectivity index (χ3v) is 4.88. The second kappa shape index (κ2) is 5.78. The summed E-state index contributed by atoms with van der Waals surface area (Å²) in [7, 11) is 0. The maximum atomic E-state index is 11.8. The number of cyclic esters (lactones) is 1. The van der Waals surface area contributed by atoms with Crippen LogP contribution in [0, 0.1) is 0 Å². The number of thiocarbonyl (C=S) groups is 1. The molecule has 0 bridgehead atoms. The number of H-pyrrole nitrogens is 1. The number of nitrogens with one attached hydrogen (secondary N) is 3. The van der Waals surface area contributed by atoms with E-state index >= 15 is 0 Å². The maximum absolute atomic E-state index is 11.8. The third kappa shape index (κ3) is 2.69. The Kier molecular flexibility index (Phi) is 3.38. The molecular formula is C20H13N3O3S. The van der Waals surface area contributed by atoms with Gasteiger partial charge in [-0.3, -0.25) is 10.1 Å². The number of hydrogen-bond acceptors (Lipinski definition) is 4. The van der Waals surface area contributed by atoms with Crippen LogP contribution < -0.4 is 10.6 Å². The van der Waals surface area contributed by atoms with E-state index in [0.29, 0.717) is 23.0 Å². The summed E-state index contributed by atoms with van der Waals surface area (Å²) in [4.78, 5) is 26.7. The van der Waals surface area contributed by atoms with Crippen LogP contribution in [0.3, 0.4) is 0 Å². The highest BCUT2D eigenvalue weighted by Crippen LogP contribution is 2.29. The van der Waals surface area contributed by atoms with Crippen LogP contribution in [0.2, 0.25) is 0 Å². The zero-order chi connectivity index (χ0) is 18.5. The summed E-state index contributed by atoms with van der Waals surface area (Å²) in [6.45, 7) is 0.321. The Balaban J connectivity index is 1.51. The molecule has 132 valence electrons. The SMILES string of the molecule is O=C1NC(=S)N/C1=C/c1cc2ccc(-c3ccc4c(c3)COC4=O)cc2[nH]1. The smallest absolute Gasteiger partial charge is 0.338 e. The predicted molar refractivity (Wildman–Crippen MR) is 105 cm³/mol. The summed E-state index contributed by atoms with van der Waals surface area (Å²) in [5, 5.41) is 6.72. The van der Waals surface area contributed by atoms with Crippen LogP contribution in [0.1, 0.15) is 21.6 Å². The van der Waals surface area contributed by atoms with Crippen LogP contribution in [-0.4, -0.2) is 22.0 Å². The van der Waals surface area contributed by atoms with Crippen molar-refractivity contribution in [3.63, 3.8) is 0 Å². The number of rotatable bonds is 2. The van der Waals surface area contributed by atoms with Crippen molar-refractivity contribution in [3.05, 3.63) is 65.0 Å². The number of ether oxygens (including phenoxy) is 1. The number of amides is 1. The summed E-state index contributed by atoms with van der Waals surface area (Å²) < 4.78 is 5.07. The van der Waals surface area contributed by atoms with E-state index in [2.05, 4.69) is 15.6 Å². The Morgan fingerprint density at radius 2 is 1.81 bits per heavy atom. The van der Waals surface area contributed by atoms with Crippen molar-refractivity contribution in [2.75, 3.05) is 0 Å². The summed E-state index contributed by atoms with van der Waals surface area (Å²) in [6.07, 6.45) is 1.73. The molecule has 27 heavy (non-hydrogen) atoms. The molecule has 1 fully saturated rings. The molecule has 0 unspecified atom stereocenters. The largest absolute Gasteiger partial charge is 0.457 e. The van der Waals surface area contributed by atoms with Gasteiger partial charge in [0.1, 0.15) is 12.3 Å². The quantitative estimate of drug-likeness (QED) is 0.364. The molecule has 1 amide bonds. The van der Waals surface area contributed by atoms with Gasteiger partial charge in [-0.2, -0.15) is 0 Å². The fourth-order valence-corrected chi connectivity index (χ4v) is 3.56. The normalized spacial score (nSPS) is 17.2. The van der Waals surface area contributed by atoms with Crippen molar-refractivity contribution in [3.8, 4) is 11.1 Å². The van der Waals surface area contributed by atoms with Crippen LogP contribution in [0.25, 0.3) is 28.1 Å². The van der Waals surface area contributed by atoms with Crippen LogP contribution >= 0.6 is 12.2 Å². The molecule has 6 nitrogen and oxygen atoms in total. The molecule has 5 rings (SSSR count). The van der Waals surface area contributed by atoms with E-state index in [1.165, 1.54) is 0 Å². The van der Waals surface area contributed by atoms with Gasteiger partial charge in [0.2, 0.25) is 0 Å². The Labute approximate surface area is 159 Å². The molecule has 3 heterocycles. The van der Waals surface area contributed by atoms with Gasteiger partial charge in [0.15, 0.2) is 5.11 Å². The van der Waals surface area contributed by atoms with Gasteiger partial charge in [-0.15, -0.1) is 0 Å². The van der Waals surface area contributed by atoms with Crippen molar-refractivity contribution < 1.29 is 14.3 Å². The lowest BCUT2D eigenvalue weighted by molar-refractivity contribution is -0.115. The molecule has 1 saturated heterocycles. The minimum Gasteiger partial charge on any atom is -0.457 e. The van der Waals surface area contributed by atoms with Gasteiger partial charge >= 0.3 is 5.97 Å². The highest BCUT2D eigenvalue weighted by Gasteiger charge is 2.22. The van der Waals surface area contributed by atoms with Gasteiger partial charge in [-0.1, -0.05) is 18.2 Å². The predicted octanol–water partition coefficient (Wildman–Crippen LogP) is 2.85. The number of carbonyl (C=O) groups is 2. The van der Waals surface area contributed by atoms with E-state index in [4.69, 9.17) is 17.0 Å². The molecule has 2 aliphatic heterocycles. The fourth-order valence-electron chi connectivity index (χ4n) is 3.36. The topological polar surface area (TPSA) is 83.2 Å². The highest BCUT2D eigenvalue weighted by molar-refractivity contribution is 7.80. The Morgan fingerprint density at radius 3 is 2.63 bits per heavy atom. The number of esters is 1. The van der Waals surface area contributed by atoms with Crippen molar-refractivity contribution in [2.24, 2.45) is 0 Å². The molecule has 3 aromatic rings. The lowest BCUT2D eigenvalue weighted by atomic mass is 10.00. The molecule has 1 aromatic heterocycles. The first-order chi connectivity index (χ1) is 13.1. The number of fused-ring (bicyclic) bond motifs is 2. The fraction of sp³-hybridized carbons (Fsp3) is 0.0500. The lowest BCUT2D eigenvalue weighted by Crippen LogP contribution is -2.21. The molecule has 0 atom stereocenters. The van der Waals surface area contributed by atoms with E-state index in [1.807, 2.05) is 42.5 Å². The maximum Gasteiger partial charge on any atom is 0.338 e. The van der Waals surface area contributed by atoms with E-state index < -0.39 is 0 Å².